The number of halogens is 2. The maximum absolute atomic E-state index is 13.3. The highest BCUT2D eigenvalue weighted by molar-refractivity contribution is 6.42. The van der Waals surface area contributed by atoms with E-state index in [1.54, 1.807) is 13.3 Å². The molecule has 2 fully saturated rings. The first-order chi connectivity index (χ1) is 16.5. The number of fused-ring (bicyclic) bond motifs is 1. The number of benzene rings is 2. The maximum atomic E-state index is 13.3. The van der Waals surface area contributed by atoms with E-state index in [-0.39, 0.29) is 12.0 Å². The first kappa shape index (κ1) is 23.6. The lowest BCUT2D eigenvalue weighted by Crippen LogP contribution is -2.46. The van der Waals surface area contributed by atoms with Crippen LogP contribution in [0.1, 0.15) is 28.8 Å². The van der Waals surface area contributed by atoms with Crippen LogP contribution in [0.15, 0.2) is 54.7 Å². The van der Waals surface area contributed by atoms with Crippen LogP contribution in [0.4, 0.5) is 0 Å². The van der Waals surface area contributed by atoms with Crippen molar-refractivity contribution in [3.05, 3.63) is 75.9 Å². The number of rotatable bonds is 5. The fourth-order valence-electron chi connectivity index (χ4n) is 5.49. The van der Waals surface area contributed by atoms with Crippen LogP contribution in [0.25, 0.3) is 10.9 Å². The molecular weight excluding hydrogens is 469 g/mol. The maximum Gasteiger partial charge on any atom is 0.254 e. The van der Waals surface area contributed by atoms with Crippen molar-refractivity contribution in [2.75, 3.05) is 33.3 Å². The second kappa shape index (κ2) is 10.2. The number of nitrogens with zero attached hydrogens (tertiary/aromatic N) is 3. The first-order valence-electron chi connectivity index (χ1n) is 11.9. The Morgan fingerprint density at radius 2 is 1.85 bits per heavy atom. The largest absolute Gasteiger partial charge is 0.380 e. The van der Waals surface area contributed by atoms with Crippen molar-refractivity contribution in [1.82, 2.24) is 14.8 Å². The summed E-state index contributed by atoms with van der Waals surface area (Å²) >= 11 is 12.3. The molecule has 0 spiro atoms. The van der Waals surface area contributed by atoms with E-state index in [9.17, 15) is 4.79 Å². The van der Waals surface area contributed by atoms with Crippen molar-refractivity contribution >= 4 is 40.0 Å². The number of hydrogen-bond acceptors (Lipinski definition) is 4. The Morgan fingerprint density at radius 1 is 1.06 bits per heavy atom. The van der Waals surface area contributed by atoms with Crippen molar-refractivity contribution in [1.29, 1.82) is 0 Å². The zero-order chi connectivity index (χ0) is 23.7. The number of aromatic nitrogens is 1. The van der Waals surface area contributed by atoms with Crippen LogP contribution in [0, 0.1) is 5.92 Å². The smallest absolute Gasteiger partial charge is 0.254 e. The van der Waals surface area contributed by atoms with Crippen molar-refractivity contribution in [2.24, 2.45) is 5.92 Å². The molecule has 0 radical (unpaired) electrons. The van der Waals surface area contributed by atoms with Crippen LogP contribution < -0.4 is 0 Å². The molecule has 3 heterocycles. The lowest BCUT2D eigenvalue weighted by atomic mass is 9.96. The first-order valence-corrected chi connectivity index (χ1v) is 12.6. The molecule has 3 aromatic rings. The van der Waals surface area contributed by atoms with Crippen LogP contribution in [0.2, 0.25) is 10.0 Å². The van der Waals surface area contributed by atoms with Crippen LogP contribution in [-0.4, -0.2) is 66.1 Å². The van der Waals surface area contributed by atoms with Crippen LogP contribution >= 0.6 is 23.2 Å². The Hall–Kier alpha value is -2.18. The molecule has 2 aliphatic rings. The minimum atomic E-state index is 0.103. The van der Waals surface area contributed by atoms with E-state index < -0.39 is 0 Å². The third-order valence-corrected chi connectivity index (χ3v) is 8.08. The Bertz CT molecular complexity index is 1170. The normalized spacial score (nSPS) is 21.9. The summed E-state index contributed by atoms with van der Waals surface area (Å²) in [6, 6.07) is 16.0. The summed E-state index contributed by atoms with van der Waals surface area (Å²) in [5.41, 5.74) is 2.79. The van der Waals surface area contributed by atoms with Crippen LogP contribution in [0.3, 0.4) is 0 Å². The van der Waals surface area contributed by atoms with E-state index in [4.69, 9.17) is 27.9 Å². The number of likely N-dealkylation sites (tertiary alicyclic amines) is 2. The molecule has 0 N–H and O–H groups in total. The van der Waals surface area contributed by atoms with Gasteiger partial charge in [0.05, 0.1) is 27.2 Å². The second-order valence-electron chi connectivity index (χ2n) is 9.34. The van der Waals surface area contributed by atoms with Crippen molar-refractivity contribution in [3.8, 4) is 0 Å². The number of ether oxygens (including phenoxy) is 1. The molecule has 2 saturated heterocycles. The quantitative estimate of drug-likeness (QED) is 0.477. The van der Waals surface area contributed by atoms with Gasteiger partial charge in [0.1, 0.15) is 0 Å². The summed E-state index contributed by atoms with van der Waals surface area (Å²) in [4.78, 5) is 22.2. The van der Waals surface area contributed by atoms with E-state index in [1.165, 1.54) is 5.56 Å². The average Bonchev–Trinajstić information content (AvgIpc) is 3.28. The third-order valence-electron chi connectivity index (χ3n) is 7.34. The van der Waals surface area contributed by atoms with Gasteiger partial charge in [-0.15, -0.1) is 0 Å². The zero-order valence-electron chi connectivity index (χ0n) is 19.3. The highest BCUT2D eigenvalue weighted by Gasteiger charge is 2.38. The average molecular weight is 498 g/mol. The van der Waals surface area contributed by atoms with E-state index in [1.807, 2.05) is 47.4 Å². The predicted octanol–water partition coefficient (Wildman–Crippen LogP) is 5.34. The van der Waals surface area contributed by atoms with Gasteiger partial charge >= 0.3 is 0 Å². The number of methoxy groups -OCH3 is 1. The minimum absolute atomic E-state index is 0.103. The summed E-state index contributed by atoms with van der Waals surface area (Å²) in [6.07, 6.45) is 4.79. The van der Waals surface area contributed by atoms with Gasteiger partial charge in [0.15, 0.2) is 0 Å². The Kier molecular flexibility index (Phi) is 7.07. The Morgan fingerprint density at radius 3 is 2.62 bits per heavy atom. The molecule has 2 aliphatic heterocycles. The number of carbonyl (C=O) groups is 1. The van der Waals surface area contributed by atoms with Gasteiger partial charge < -0.3 is 9.64 Å². The summed E-state index contributed by atoms with van der Waals surface area (Å²) in [6.45, 7) is 3.46. The molecule has 0 aliphatic carbocycles. The Balaban J connectivity index is 1.21. The number of carbonyl (C=O) groups excluding carboxylic acids is 1. The van der Waals surface area contributed by atoms with E-state index >= 15 is 0 Å². The van der Waals surface area contributed by atoms with E-state index in [0.717, 1.165) is 61.9 Å². The molecule has 0 saturated carbocycles. The SMILES string of the molecule is CO[C@@H]1CN(C2CCN(C(=O)c3ccnc4ccccc34)CC2)C[C@H]1Cc1ccc(Cl)c(Cl)c1. The number of piperidine rings is 1. The molecule has 0 unspecified atom stereocenters. The summed E-state index contributed by atoms with van der Waals surface area (Å²) in [7, 11) is 1.80. The molecule has 2 atom stereocenters. The topological polar surface area (TPSA) is 45.7 Å². The van der Waals surface area contributed by atoms with Gasteiger partial charge in [-0.2, -0.15) is 0 Å². The van der Waals surface area contributed by atoms with Crippen molar-refractivity contribution < 1.29 is 9.53 Å². The van der Waals surface area contributed by atoms with Crippen molar-refractivity contribution in [3.63, 3.8) is 0 Å². The van der Waals surface area contributed by atoms with Gasteiger partial charge in [0, 0.05) is 56.8 Å². The molecular formula is C27H29Cl2N3O2. The molecule has 5 rings (SSSR count). The highest BCUT2D eigenvalue weighted by Crippen LogP contribution is 2.31. The fourth-order valence-corrected chi connectivity index (χ4v) is 5.81. The molecule has 1 amide bonds. The molecule has 7 heteroatoms. The summed E-state index contributed by atoms with van der Waals surface area (Å²) in [5.74, 6) is 0.510. The van der Waals surface area contributed by atoms with Gasteiger partial charge in [-0.05, 0) is 49.1 Å². The van der Waals surface area contributed by atoms with E-state index in [0.29, 0.717) is 22.0 Å². The molecule has 1 aromatic heterocycles. The number of pyridine rings is 1. The lowest BCUT2D eigenvalue weighted by molar-refractivity contribution is 0.0586. The predicted molar refractivity (Wildman–Crippen MR) is 137 cm³/mol. The molecule has 0 bridgehead atoms. The Labute approximate surface area is 210 Å². The number of para-hydroxylation sites is 1. The van der Waals surface area contributed by atoms with Gasteiger partial charge in [-0.3, -0.25) is 14.7 Å². The van der Waals surface area contributed by atoms with Gasteiger partial charge in [-0.1, -0.05) is 47.5 Å². The fraction of sp³-hybridized carbons (Fsp3) is 0.407. The van der Waals surface area contributed by atoms with Gasteiger partial charge in [-0.25, -0.2) is 0 Å². The molecule has 5 nitrogen and oxygen atoms in total. The number of hydrogen-bond donors (Lipinski definition) is 0. The van der Waals surface area contributed by atoms with Gasteiger partial charge in [0.25, 0.3) is 5.91 Å². The zero-order valence-corrected chi connectivity index (χ0v) is 20.8. The van der Waals surface area contributed by atoms with Crippen molar-refractivity contribution in [2.45, 2.75) is 31.4 Å². The highest BCUT2D eigenvalue weighted by atomic mass is 35.5. The molecule has 2 aromatic carbocycles. The third kappa shape index (κ3) is 4.80. The minimum Gasteiger partial charge on any atom is -0.380 e. The summed E-state index contributed by atoms with van der Waals surface area (Å²) < 4.78 is 5.86. The lowest BCUT2D eigenvalue weighted by Gasteiger charge is -2.37. The number of amides is 1. The van der Waals surface area contributed by atoms with Gasteiger partial charge in [0.2, 0.25) is 0 Å². The van der Waals surface area contributed by atoms with Crippen LogP contribution in [-0.2, 0) is 11.2 Å². The molecule has 178 valence electrons. The standard InChI is InChI=1S/C27H29Cl2N3O2/c1-34-26-17-32(16-19(26)14-18-6-7-23(28)24(29)15-18)20-9-12-31(13-10-20)27(33)22-8-11-30-25-5-3-2-4-21(22)25/h2-8,11,15,19-20,26H,9-10,12-14,16-17H2,1H3/t19-,26-/m1/s1. The summed E-state index contributed by atoms with van der Waals surface area (Å²) in [5, 5.41) is 2.11. The molecule has 34 heavy (non-hydrogen) atoms. The van der Waals surface area contributed by atoms with Crippen LogP contribution in [0.5, 0.6) is 0 Å². The second-order valence-corrected chi connectivity index (χ2v) is 10.2. The monoisotopic (exact) mass is 497 g/mol. The van der Waals surface area contributed by atoms with E-state index in [2.05, 4.69) is 16.0 Å².